The number of nitrogens with one attached hydrogen (secondary N) is 1. The molecule has 0 fully saturated rings. The molecule has 0 bridgehead atoms. The maximum absolute atomic E-state index is 13.7. The first-order chi connectivity index (χ1) is 17.2. The number of carbonyl (C=O) groups excluding carboxylic acids is 1. The largest absolute Gasteiger partial charge is 0.348 e. The summed E-state index contributed by atoms with van der Waals surface area (Å²) in [5, 5.41) is 3.52. The van der Waals surface area contributed by atoms with Gasteiger partial charge in [0, 0.05) is 5.02 Å². The van der Waals surface area contributed by atoms with E-state index in [4.69, 9.17) is 11.6 Å². The van der Waals surface area contributed by atoms with Gasteiger partial charge in [0.25, 0.3) is 10.0 Å². The van der Waals surface area contributed by atoms with E-state index < -0.39 is 10.0 Å². The van der Waals surface area contributed by atoms with Crippen LogP contribution in [0.3, 0.4) is 0 Å². The van der Waals surface area contributed by atoms with Crippen molar-refractivity contribution in [2.45, 2.75) is 63.8 Å². The highest BCUT2D eigenvalue weighted by molar-refractivity contribution is 7.92. The second-order valence-electron chi connectivity index (χ2n) is 9.47. The van der Waals surface area contributed by atoms with E-state index in [0.717, 1.165) is 28.3 Å². The zero-order valence-corrected chi connectivity index (χ0v) is 22.6. The Morgan fingerprint density at radius 2 is 1.69 bits per heavy atom. The van der Waals surface area contributed by atoms with E-state index in [2.05, 4.69) is 23.5 Å². The van der Waals surface area contributed by atoms with Crippen molar-refractivity contribution in [3.8, 4) is 0 Å². The molecule has 0 aliphatic heterocycles. The third-order valence-corrected chi connectivity index (χ3v) is 9.11. The highest BCUT2D eigenvalue weighted by Gasteiger charge is 2.29. The predicted octanol–water partition coefficient (Wildman–Crippen LogP) is 6.30. The van der Waals surface area contributed by atoms with Crippen molar-refractivity contribution < 1.29 is 13.2 Å². The summed E-state index contributed by atoms with van der Waals surface area (Å²) in [6.07, 6.45) is 5.26. The Balaban J connectivity index is 1.63. The third kappa shape index (κ3) is 5.60. The zero-order chi connectivity index (χ0) is 25.9. The molecule has 0 radical (unpaired) electrons. The van der Waals surface area contributed by atoms with Gasteiger partial charge in [-0.25, -0.2) is 8.42 Å². The highest BCUT2D eigenvalue weighted by atomic mass is 35.5. The van der Waals surface area contributed by atoms with Gasteiger partial charge in [-0.1, -0.05) is 60.5 Å². The summed E-state index contributed by atoms with van der Waals surface area (Å²) >= 11 is 6.33. The first-order valence-electron chi connectivity index (χ1n) is 12.5. The fourth-order valence-corrected chi connectivity index (χ4v) is 6.41. The number of benzene rings is 3. The molecule has 1 N–H and O–H groups in total. The van der Waals surface area contributed by atoms with Crippen LogP contribution >= 0.6 is 11.6 Å². The molecule has 3 aromatic rings. The standard InChI is InChI=1S/C29H33ClN2O3S/c1-4-27(24-15-14-22-8-5-6-9-23(22)18-24)31-29(33)19-32(28-11-7-10-26(30)21(28)3)36(34,35)25-16-12-20(2)13-17-25/h7,10-18,27H,4-6,8-9,19H2,1-3H3,(H,31,33). The normalized spacial score (nSPS) is 14.1. The fraction of sp³-hybridized carbons (Fsp3) is 0.345. The maximum atomic E-state index is 13.7. The second kappa shape index (κ2) is 11.1. The lowest BCUT2D eigenvalue weighted by atomic mass is 9.89. The quantitative estimate of drug-likeness (QED) is 0.376. The molecule has 0 aromatic heterocycles. The van der Waals surface area contributed by atoms with E-state index >= 15 is 0 Å². The molecule has 190 valence electrons. The number of aryl methyl sites for hydroxylation is 3. The maximum Gasteiger partial charge on any atom is 0.264 e. The molecule has 4 rings (SSSR count). The van der Waals surface area contributed by atoms with Crippen LogP contribution in [0.2, 0.25) is 5.02 Å². The van der Waals surface area contributed by atoms with E-state index in [1.165, 1.54) is 24.0 Å². The van der Waals surface area contributed by atoms with Gasteiger partial charge in [-0.2, -0.15) is 0 Å². The summed E-state index contributed by atoms with van der Waals surface area (Å²) < 4.78 is 28.6. The van der Waals surface area contributed by atoms with Crippen LogP contribution in [0.25, 0.3) is 0 Å². The zero-order valence-electron chi connectivity index (χ0n) is 21.1. The number of rotatable bonds is 8. The minimum atomic E-state index is -4.01. The van der Waals surface area contributed by atoms with Crippen LogP contribution in [0, 0.1) is 13.8 Å². The SMILES string of the molecule is CCC(NC(=O)CN(c1cccc(Cl)c1C)S(=O)(=O)c1ccc(C)cc1)c1ccc2c(c1)CCCC2. The number of hydrogen-bond donors (Lipinski definition) is 1. The molecule has 1 atom stereocenters. The van der Waals surface area contributed by atoms with Crippen molar-refractivity contribution in [2.75, 3.05) is 10.8 Å². The van der Waals surface area contributed by atoms with E-state index in [9.17, 15) is 13.2 Å². The van der Waals surface area contributed by atoms with Gasteiger partial charge in [0.15, 0.2) is 0 Å². The lowest BCUT2D eigenvalue weighted by molar-refractivity contribution is -0.120. The average molecular weight is 525 g/mol. The summed E-state index contributed by atoms with van der Waals surface area (Å²) in [6, 6.07) is 18.0. The third-order valence-electron chi connectivity index (χ3n) is 6.92. The molecule has 0 saturated carbocycles. The molecule has 1 aliphatic rings. The summed E-state index contributed by atoms with van der Waals surface area (Å²) in [6.45, 7) is 5.33. The van der Waals surface area contributed by atoms with Crippen LogP contribution in [0.1, 0.15) is 60.0 Å². The Hall–Kier alpha value is -2.83. The van der Waals surface area contributed by atoms with Gasteiger partial charge in [-0.15, -0.1) is 0 Å². The molecular formula is C29H33ClN2O3S. The smallest absolute Gasteiger partial charge is 0.264 e. The number of hydrogen-bond acceptors (Lipinski definition) is 3. The first kappa shape index (κ1) is 26.2. The highest BCUT2D eigenvalue weighted by Crippen LogP contribution is 2.31. The van der Waals surface area contributed by atoms with Crippen LogP contribution in [0.15, 0.2) is 65.6 Å². The van der Waals surface area contributed by atoms with E-state index in [1.54, 1.807) is 49.4 Å². The second-order valence-corrected chi connectivity index (χ2v) is 11.7. The lowest BCUT2D eigenvalue weighted by Crippen LogP contribution is -2.42. The molecule has 1 aliphatic carbocycles. The van der Waals surface area contributed by atoms with Crippen LogP contribution in [-0.4, -0.2) is 20.9 Å². The van der Waals surface area contributed by atoms with Crippen LogP contribution in [0.5, 0.6) is 0 Å². The Bertz CT molecular complexity index is 1350. The van der Waals surface area contributed by atoms with Crippen LogP contribution < -0.4 is 9.62 Å². The number of amides is 1. The van der Waals surface area contributed by atoms with Crippen molar-refractivity contribution in [1.82, 2.24) is 5.32 Å². The Morgan fingerprint density at radius 1 is 1.00 bits per heavy atom. The Kier molecular flexibility index (Phi) is 8.06. The van der Waals surface area contributed by atoms with Gasteiger partial charge in [-0.3, -0.25) is 9.10 Å². The lowest BCUT2D eigenvalue weighted by Gasteiger charge is -2.27. The summed E-state index contributed by atoms with van der Waals surface area (Å²) in [7, 11) is -4.01. The average Bonchev–Trinajstić information content (AvgIpc) is 2.87. The van der Waals surface area contributed by atoms with Gasteiger partial charge in [-0.05, 0) is 92.5 Å². The Morgan fingerprint density at radius 3 is 2.39 bits per heavy atom. The van der Waals surface area contributed by atoms with Gasteiger partial charge in [0.2, 0.25) is 5.91 Å². The minimum Gasteiger partial charge on any atom is -0.348 e. The predicted molar refractivity (Wildman–Crippen MR) is 146 cm³/mol. The van der Waals surface area contributed by atoms with Crippen molar-refractivity contribution in [2.24, 2.45) is 0 Å². The van der Waals surface area contributed by atoms with E-state index in [1.807, 2.05) is 13.8 Å². The number of anilines is 1. The molecule has 0 heterocycles. The molecule has 5 nitrogen and oxygen atoms in total. The minimum absolute atomic E-state index is 0.127. The Labute approximate surface area is 219 Å². The molecular weight excluding hydrogens is 492 g/mol. The topological polar surface area (TPSA) is 66.5 Å². The van der Waals surface area contributed by atoms with Gasteiger partial charge in [0.1, 0.15) is 6.54 Å². The number of fused-ring (bicyclic) bond motifs is 1. The fourth-order valence-electron chi connectivity index (χ4n) is 4.76. The molecule has 1 unspecified atom stereocenters. The first-order valence-corrected chi connectivity index (χ1v) is 14.3. The van der Waals surface area contributed by atoms with E-state index in [-0.39, 0.29) is 23.4 Å². The van der Waals surface area contributed by atoms with Crippen LogP contribution in [-0.2, 0) is 27.7 Å². The van der Waals surface area contributed by atoms with Crippen LogP contribution in [0.4, 0.5) is 5.69 Å². The van der Waals surface area contributed by atoms with Crippen molar-refractivity contribution in [3.63, 3.8) is 0 Å². The number of halogens is 1. The number of nitrogens with zero attached hydrogens (tertiary/aromatic N) is 1. The molecule has 3 aromatic carbocycles. The summed E-state index contributed by atoms with van der Waals surface area (Å²) in [4.78, 5) is 13.5. The molecule has 7 heteroatoms. The summed E-state index contributed by atoms with van der Waals surface area (Å²) in [5.74, 6) is -0.366. The molecule has 0 saturated heterocycles. The molecule has 1 amide bonds. The van der Waals surface area contributed by atoms with E-state index in [0.29, 0.717) is 22.7 Å². The van der Waals surface area contributed by atoms with Gasteiger partial charge >= 0.3 is 0 Å². The monoisotopic (exact) mass is 524 g/mol. The van der Waals surface area contributed by atoms with Crippen molar-refractivity contribution in [3.05, 3.63) is 93.5 Å². The number of sulfonamides is 1. The molecule has 36 heavy (non-hydrogen) atoms. The number of carbonyl (C=O) groups is 1. The van der Waals surface area contributed by atoms with Crippen molar-refractivity contribution in [1.29, 1.82) is 0 Å². The molecule has 0 spiro atoms. The van der Waals surface area contributed by atoms with Crippen molar-refractivity contribution >= 4 is 33.2 Å². The van der Waals surface area contributed by atoms with Gasteiger partial charge in [0.05, 0.1) is 16.6 Å². The van der Waals surface area contributed by atoms with Gasteiger partial charge < -0.3 is 5.32 Å². The summed E-state index contributed by atoms with van der Waals surface area (Å²) in [5.41, 5.74) is 5.73.